The normalized spacial score (nSPS) is 16.5. The Hall–Kier alpha value is -6.74. The summed E-state index contributed by atoms with van der Waals surface area (Å²) >= 11 is 6.88. The van der Waals surface area contributed by atoms with Crippen molar-refractivity contribution in [3.63, 3.8) is 0 Å². The van der Waals surface area contributed by atoms with Crippen LogP contribution in [0.3, 0.4) is 0 Å². The Morgan fingerprint density at radius 3 is 2.35 bits per heavy atom. The Morgan fingerprint density at radius 2 is 1.71 bits per heavy atom. The summed E-state index contributed by atoms with van der Waals surface area (Å²) in [4.78, 5) is 47.1. The standard InChI is InChI=1S/C46H39ClF6N8O6S/c1-5-35(62)24-8-11-28-32(17-24)55-43(33(16-23-14-25(48)18-26(49)15-23)54-36(63)21-59-41-37(39(56-59)42(50)51)29-19-30(29)46(41,52)53)61(45(28)64)34-13-12-31(47)38-40(34)58(2)57-44(38)60(68(4,65)66)20-22-6-9-27(67-3)10-7-22/h6-15,17-18,29-30,33,42H,5,16,19-21H2,1-4H3,(H,54,63)/t29-,30+,33-/m0/s1. The van der Waals surface area contributed by atoms with E-state index in [9.17, 15) is 35.6 Å². The molecule has 2 aliphatic rings. The molecule has 1 saturated carbocycles. The summed E-state index contributed by atoms with van der Waals surface area (Å²) < 4.78 is 126. The number of benzene rings is 4. The molecule has 4 aromatic carbocycles. The fourth-order valence-electron chi connectivity index (χ4n) is 9.11. The number of carbonyl (C=O) groups is 2. The third-order valence-electron chi connectivity index (χ3n) is 12.3. The summed E-state index contributed by atoms with van der Waals surface area (Å²) in [5.74, 6) is -8.99. The number of halogens is 7. The highest BCUT2D eigenvalue weighted by Gasteiger charge is 2.67. The van der Waals surface area contributed by atoms with Gasteiger partial charge >= 0.3 is 0 Å². The minimum absolute atomic E-state index is 0.00532. The first-order valence-electron chi connectivity index (χ1n) is 21.1. The van der Waals surface area contributed by atoms with E-state index in [1.807, 2.05) is 0 Å². The number of fused-ring (bicyclic) bond motifs is 5. The quantitative estimate of drug-likeness (QED) is 0.0788. The zero-order chi connectivity index (χ0) is 48.7. The zero-order valence-corrected chi connectivity index (χ0v) is 38.0. The Bertz CT molecular complexity index is 3380. The molecule has 3 atom stereocenters. The Balaban J connectivity index is 1.25. The van der Waals surface area contributed by atoms with Gasteiger partial charge in [0.15, 0.2) is 11.6 Å². The van der Waals surface area contributed by atoms with Gasteiger partial charge in [0.25, 0.3) is 17.9 Å². The first kappa shape index (κ1) is 46.4. The van der Waals surface area contributed by atoms with Crippen LogP contribution in [0.2, 0.25) is 5.02 Å². The van der Waals surface area contributed by atoms with E-state index >= 15 is 13.6 Å². The minimum atomic E-state index is -4.12. The molecule has 354 valence electrons. The van der Waals surface area contributed by atoms with E-state index < -0.39 is 87.7 Å². The summed E-state index contributed by atoms with van der Waals surface area (Å²) in [6, 6.07) is 14.5. The number of ketones is 1. The molecule has 3 aromatic heterocycles. The van der Waals surface area contributed by atoms with Crippen LogP contribution in [0.4, 0.5) is 32.2 Å². The molecule has 7 aromatic rings. The topological polar surface area (TPSA) is 163 Å². The van der Waals surface area contributed by atoms with Gasteiger partial charge in [0, 0.05) is 43.0 Å². The van der Waals surface area contributed by atoms with Gasteiger partial charge in [-0.25, -0.2) is 35.3 Å². The highest BCUT2D eigenvalue weighted by Crippen LogP contribution is 2.68. The maximum absolute atomic E-state index is 15.6. The summed E-state index contributed by atoms with van der Waals surface area (Å²) in [5.41, 5.74) is -2.14. The van der Waals surface area contributed by atoms with Crippen molar-refractivity contribution in [2.45, 2.75) is 63.6 Å². The molecule has 3 heterocycles. The van der Waals surface area contributed by atoms with Crippen LogP contribution in [0.25, 0.3) is 27.5 Å². The van der Waals surface area contributed by atoms with Crippen molar-refractivity contribution in [1.82, 2.24) is 34.4 Å². The lowest BCUT2D eigenvalue weighted by Gasteiger charge is -2.24. The molecule has 2 aliphatic carbocycles. The largest absolute Gasteiger partial charge is 0.497 e. The Labute approximate surface area is 388 Å². The van der Waals surface area contributed by atoms with Crippen molar-refractivity contribution in [2.24, 2.45) is 13.0 Å². The molecule has 9 rings (SSSR count). The van der Waals surface area contributed by atoms with Gasteiger partial charge in [0.05, 0.1) is 58.5 Å². The molecule has 22 heteroatoms. The highest BCUT2D eigenvalue weighted by molar-refractivity contribution is 7.92. The number of hydrogen-bond donors (Lipinski definition) is 1. The number of amides is 1. The molecule has 1 amide bonds. The summed E-state index contributed by atoms with van der Waals surface area (Å²) in [5, 5.41) is 11.0. The SMILES string of the molecule is CCC(=O)c1ccc2c(=O)n(-c3ccc(Cl)c4c(N(Cc5ccc(OC)cc5)S(C)(=O)=O)nn(C)c34)c([C@H](Cc3cc(F)cc(F)c3)NC(=O)Cn3nc(C(F)F)c4c3C(F)(F)[C@@H]3C[C@H]43)nc2c1. The van der Waals surface area contributed by atoms with Gasteiger partial charge in [0.1, 0.15) is 41.1 Å². The van der Waals surface area contributed by atoms with E-state index in [0.717, 1.165) is 27.3 Å². The fourth-order valence-corrected chi connectivity index (χ4v) is 10.2. The lowest BCUT2D eigenvalue weighted by molar-refractivity contribution is -0.123. The summed E-state index contributed by atoms with van der Waals surface area (Å²) in [6.45, 7) is 0.388. The van der Waals surface area contributed by atoms with Crippen molar-refractivity contribution in [1.29, 1.82) is 0 Å². The number of alkyl halides is 4. The van der Waals surface area contributed by atoms with E-state index in [2.05, 4.69) is 15.5 Å². The van der Waals surface area contributed by atoms with Gasteiger partial charge in [-0.2, -0.15) is 19.0 Å². The summed E-state index contributed by atoms with van der Waals surface area (Å²) in [7, 11) is -1.18. The zero-order valence-electron chi connectivity index (χ0n) is 36.4. The molecule has 1 N–H and O–H groups in total. The predicted octanol–water partition coefficient (Wildman–Crippen LogP) is 8.21. The van der Waals surface area contributed by atoms with Gasteiger partial charge in [-0.05, 0) is 72.0 Å². The van der Waals surface area contributed by atoms with Crippen molar-refractivity contribution in [2.75, 3.05) is 17.7 Å². The van der Waals surface area contributed by atoms with Crippen molar-refractivity contribution in [3.05, 3.63) is 139 Å². The van der Waals surface area contributed by atoms with E-state index in [4.69, 9.17) is 21.3 Å². The molecular weight excluding hydrogens is 942 g/mol. The highest BCUT2D eigenvalue weighted by atomic mass is 35.5. The third-order valence-corrected chi connectivity index (χ3v) is 13.7. The van der Waals surface area contributed by atoms with Gasteiger partial charge in [-0.15, -0.1) is 0 Å². The van der Waals surface area contributed by atoms with Crippen LogP contribution >= 0.6 is 11.6 Å². The van der Waals surface area contributed by atoms with Crippen LogP contribution < -0.4 is 19.9 Å². The number of nitrogens with zero attached hydrogens (tertiary/aromatic N) is 7. The Morgan fingerprint density at radius 1 is 1.00 bits per heavy atom. The van der Waals surface area contributed by atoms with E-state index in [0.29, 0.717) is 22.1 Å². The first-order valence-corrected chi connectivity index (χ1v) is 23.3. The molecular formula is C46H39ClF6N8O6S. The maximum atomic E-state index is 15.6. The monoisotopic (exact) mass is 980 g/mol. The second-order valence-electron chi connectivity index (χ2n) is 16.8. The van der Waals surface area contributed by atoms with E-state index in [1.165, 1.54) is 49.2 Å². The maximum Gasteiger partial charge on any atom is 0.293 e. The van der Waals surface area contributed by atoms with Gasteiger partial charge < -0.3 is 10.1 Å². The van der Waals surface area contributed by atoms with E-state index in [-0.39, 0.29) is 86.0 Å². The number of Topliss-reactive ketones (excluding diaryl/α,β-unsaturated/α-hetero) is 1. The number of nitrogens with one attached hydrogen (secondary N) is 1. The van der Waals surface area contributed by atoms with Crippen LogP contribution in [0.15, 0.2) is 77.6 Å². The molecule has 0 unspecified atom stereocenters. The molecule has 0 aliphatic heterocycles. The van der Waals surface area contributed by atoms with Crippen LogP contribution in [0, 0.1) is 17.6 Å². The number of anilines is 1. The minimum Gasteiger partial charge on any atom is -0.497 e. The number of carbonyl (C=O) groups excluding carboxylic acids is 2. The van der Waals surface area contributed by atoms with Crippen LogP contribution in [-0.2, 0) is 47.3 Å². The molecule has 0 bridgehead atoms. The number of methoxy groups -OCH3 is 1. The molecule has 68 heavy (non-hydrogen) atoms. The second-order valence-corrected chi connectivity index (χ2v) is 19.1. The second kappa shape index (κ2) is 17.1. The van der Waals surface area contributed by atoms with Gasteiger partial charge in [-0.1, -0.05) is 36.7 Å². The number of hydrogen-bond acceptors (Lipinski definition) is 9. The number of rotatable bonds is 15. The summed E-state index contributed by atoms with van der Waals surface area (Å²) in [6.07, 6.45) is -2.71. The number of aromatic nitrogens is 6. The molecule has 14 nitrogen and oxygen atoms in total. The average Bonchev–Trinajstić information content (AvgIpc) is 3.81. The van der Waals surface area contributed by atoms with Crippen LogP contribution in [0.1, 0.15) is 82.4 Å². The average molecular weight is 981 g/mol. The predicted molar refractivity (Wildman–Crippen MR) is 238 cm³/mol. The molecule has 0 radical (unpaired) electrons. The lowest BCUT2D eigenvalue weighted by Crippen LogP contribution is -2.38. The number of ether oxygens (including phenoxy) is 1. The van der Waals surface area contributed by atoms with Gasteiger partial charge in [0.2, 0.25) is 15.9 Å². The smallest absolute Gasteiger partial charge is 0.293 e. The molecule has 1 fully saturated rings. The fraction of sp³-hybridized carbons (Fsp3) is 0.304. The molecule has 0 spiro atoms. The van der Waals surface area contributed by atoms with Crippen molar-refractivity contribution in [3.8, 4) is 11.4 Å². The Kier molecular flexibility index (Phi) is 11.7. The first-order chi connectivity index (χ1) is 32.2. The van der Waals surface area contributed by atoms with Crippen molar-refractivity contribution < 1.29 is 49.1 Å². The van der Waals surface area contributed by atoms with Gasteiger partial charge in [-0.3, -0.25) is 28.3 Å². The van der Waals surface area contributed by atoms with Crippen molar-refractivity contribution >= 4 is 60.9 Å². The van der Waals surface area contributed by atoms with Crippen LogP contribution in [-0.4, -0.2) is 62.6 Å². The van der Waals surface area contributed by atoms with Crippen LogP contribution in [0.5, 0.6) is 5.75 Å². The number of sulfonamides is 1. The molecule has 0 saturated heterocycles. The third kappa shape index (κ3) is 8.13. The lowest BCUT2D eigenvalue weighted by atomic mass is 10.0. The van der Waals surface area contributed by atoms with E-state index in [1.54, 1.807) is 31.2 Å². The number of aryl methyl sites for hydroxylation is 1.